The molecule has 0 unspecified atom stereocenters. The van der Waals surface area contributed by atoms with Crippen LogP contribution in [0.5, 0.6) is 0 Å². The highest BCUT2D eigenvalue weighted by molar-refractivity contribution is 7.92. The smallest absolute Gasteiger partial charge is 0.269 e. The summed E-state index contributed by atoms with van der Waals surface area (Å²) in [7, 11) is -2.48. The van der Waals surface area contributed by atoms with Gasteiger partial charge in [-0.15, -0.1) is 0 Å². The minimum Gasteiger partial charge on any atom is -0.269 e. The van der Waals surface area contributed by atoms with Crippen molar-refractivity contribution in [3.63, 3.8) is 0 Å². The van der Waals surface area contributed by atoms with Crippen LogP contribution in [-0.2, 0) is 21.5 Å². The number of anilines is 1. The van der Waals surface area contributed by atoms with Crippen LogP contribution >= 0.6 is 0 Å². The van der Waals surface area contributed by atoms with Crippen molar-refractivity contribution >= 4 is 21.6 Å². The predicted molar refractivity (Wildman–Crippen MR) is 107 cm³/mol. The largest absolute Gasteiger partial charge is 0.276 e. The fraction of sp³-hybridized carbons (Fsp3) is 0.0952. The lowest BCUT2D eigenvalue weighted by Gasteiger charge is -2.21. The number of benzene rings is 3. The number of para-hydroxylation sites is 1. The van der Waals surface area contributed by atoms with Gasteiger partial charge in [0.05, 0.1) is 17.9 Å². The second-order valence-corrected chi connectivity index (χ2v) is 7.95. The van der Waals surface area contributed by atoms with Crippen molar-refractivity contribution in [2.75, 3.05) is 11.4 Å². The Morgan fingerprint density at radius 3 is 2.14 bits per heavy atom. The molecule has 0 aliphatic heterocycles. The molecule has 0 radical (unpaired) electrons. The second kappa shape index (κ2) is 8.69. The number of nitrogens with one attached hydrogen (secondary N) is 1. The van der Waals surface area contributed by atoms with Gasteiger partial charge in [-0.2, -0.15) is 0 Å². The summed E-state index contributed by atoms with van der Waals surface area (Å²) in [6.45, 7) is 0.172. The van der Waals surface area contributed by atoms with Crippen LogP contribution in [0.4, 0.5) is 5.69 Å². The maximum absolute atomic E-state index is 13.1. The average molecular weight is 396 g/mol. The molecule has 6 nitrogen and oxygen atoms in total. The van der Waals surface area contributed by atoms with E-state index in [2.05, 4.69) is 5.48 Å². The van der Waals surface area contributed by atoms with Crippen molar-refractivity contribution in [1.82, 2.24) is 5.48 Å². The van der Waals surface area contributed by atoms with E-state index in [1.807, 2.05) is 30.3 Å². The average Bonchev–Trinajstić information content (AvgIpc) is 2.74. The minimum absolute atomic E-state index is 0.0124. The first kappa shape index (κ1) is 19.6. The molecule has 7 heteroatoms. The van der Waals surface area contributed by atoms with Crippen molar-refractivity contribution in [2.45, 2.75) is 11.5 Å². The van der Waals surface area contributed by atoms with Crippen LogP contribution < -0.4 is 9.79 Å². The zero-order valence-electron chi connectivity index (χ0n) is 15.3. The summed E-state index contributed by atoms with van der Waals surface area (Å²) in [6, 6.07) is 24.0. The fourth-order valence-corrected chi connectivity index (χ4v) is 4.00. The van der Waals surface area contributed by atoms with E-state index in [-0.39, 0.29) is 17.1 Å². The third-order valence-corrected chi connectivity index (χ3v) is 5.98. The highest BCUT2D eigenvalue weighted by Crippen LogP contribution is 2.24. The molecule has 0 bridgehead atoms. The van der Waals surface area contributed by atoms with Gasteiger partial charge in [0.15, 0.2) is 0 Å². The number of carbonyl (C=O) groups is 1. The molecular formula is C21H20N2O4S. The molecule has 144 valence electrons. The van der Waals surface area contributed by atoms with Gasteiger partial charge in [-0.3, -0.25) is 13.9 Å². The van der Waals surface area contributed by atoms with E-state index in [0.29, 0.717) is 5.69 Å². The highest BCUT2D eigenvalue weighted by atomic mass is 32.2. The summed E-state index contributed by atoms with van der Waals surface area (Å²) in [4.78, 5) is 17.7. The number of hydrogen-bond acceptors (Lipinski definition) is 4. The van der Waals surface area contributed by atoms with E-state index >= 15 is 0 Å². The summed E-state index contributed by atoms with van der Waals surface area (Å²) in [5, 5.41) is 0. The fourth-order valence-electron chi connectivity index (χ4n) is 2.62. The number of amides is 1. The Balaban J connectivity index is 1.79. The van der Waals surface area contributed by atoms with Crippen LogP contribution in [0.15, 0.2) is 89.8 Å². The Hall–Kier alpha value is -3.16. The van der Waals surface area contributed by atoms with Gasteiger partial charge in [0.2, 0.25) is 0 Å². The first-order valence-corrected chi connectivity index (χ1v) is 10.0. The van der Waals surface area contributed by atoms with Gasteiger partial charge in [0.25, 0.3) is 15.9 Å². The maximum atomic E-state index is 13.1. The first-order chi connectivity index (χ1) is 13.5. The van der Waals surface area contributed by atoms with Crippen LogP contribution in [0.3, 0.4) is 0 Å². The molecule has 0 fully saturated rings. The summed E-state index contributed by atoms with van der Waals surface area (Å²) in [5.41, 5.74) is 3.71. The van der Waals surface area contributed by atoms with Crippen molar-refractivity contribution < 1.29 is 18.0 Å². The van der Waals surface area contributed by atoms with E-state index in [0.717, 1.165) is 9.87 Å². The van der Waals surface area contributed by atoms with E-state index in [1.54, 1.807) is 42.5 Å². The van der Waals surface area contributed by atoms with Crippen molar-refractivity contribution in [3.8, 4) is 0 Å². The zero-order chi connectivity index (χ0) is 20.0. The van der Waals surface area contributed by atoms with Gasteiger partial charge < -0.3 is 0 Å². The maximum Gasteiger partial charge on any atom is 0.276 e. The van der Waals surface area contributed by atoms with E-state index in [4.69, 9.17) is 4.84 Å². The van der Waals surface area contributed by atoms with Gasteiger partial charge in [-0.1, -0.05) is 60.7 Å². The quantitative estimate of drug-likeness (QED) is 0.621. The van der Waals surface area contributed by atoms with Crippen LogP contribution in [0.1, 0.15) is 15.9 Å². The van der Waals surface area contributed by atoms with E-state index < -0.39 is 15.9 Å². The third-order valence-electron chi connectivity index (χ3n) is 4.14. The van der Waals surface area contributed by atoms with Crippen molar-refractivity contribution in [3.05, 3.63) is 96.1 Å². The van der Waals surface area contributed by atoms with Gasteiger partial charge in [0, 0.05) is 7.05 Å². The zero-order valence-corrected chi connectivity index (χ0v) is 16.1. The van der Waals surface area contributed by atoms with Gasteiger partial charge in [-0.25, -0.2) is 13.9 Å². The number of hydroxylamine groups is 1. The third kappa shape index (κ3) is 4.39. The molecule has 1 amide bonds. The molecule has 3 aromatic rings. The monoisotopic (exact) mass is 396 g/mol. The number of rotatable bonds is 7. The van der Waals surface area contributed by atoms with Crippen LogP contribution in [0.25, 0.3) is 0 Å². The lowest BCUT2D eigenvalue weighted by atomic mass is 10.2. The Morgan fingerprint density at radius 1 is 0.893 bits per heavy atom. The lowest BCUT2D eigenvalue weighted by Crippen LogP contribution is -2.30. The Labute approximate surface area is 164 Å². The van der Waals surface area contributed by atoms with E-state index in [9.17, 15) is 13.2 Å². The molecule has 0 saturated heterocycles. The summed E-state index contributed by atoms with van der Waals surface area (Å²) in [6.07, 6.45) is 0. The van der Waals surface area contributed by atoms with Gasteiger partial charge in [0.1, 0.15) is 4.90 Å². The van der Waals surface area contributed by atoms with E-state index in [1.165, 1.54) is 19.2 Å². The molecule has 0 aromatic heterocycles. The van der Waals surface area contributed by atoms with Crippen LogP contribution in [0.2, 0.25) is 0 Å². The molecule has 0 heterocycles. The van der Waals surface area contributed by atoms with Crippen LogP contribution in [0, 0.1) is 0 Å². The number of hydrogen-bond donors (Lipinski definition) is 1. The molecule has 0 spiro atoms. The van der Waals surface area contributed by atoms with Crippen molar-refractivity contribution in [1.29, 1.82) is 0 Å². The standard InChI is InChI=1S/C21H20N2O4S/c1-23(18-12-6-3-7-13-18)28(25,26)20-15-9-8-14-19(20)21(24)22-27-16-17-10-4-2-5-11-17/h2-15H,16H2,1H3,(H,22,24). The number of sulfonamides is 1. The summed E-state index contributed by atoms with van der Waals surface area (Å²) < 4.78 is 27.3. The Morgan fingerprint density at radius 2 is 1.46 bits per heavy atom. The van der Waals surface area contributed by atoms with Crippen molar-refractivity contribution in [2.24, 2.45) is 0 Å². The first-order valence-electron chi connectivity index (χ1n) is 8.59. The predicted octanol–water partition coefficient (Wildman–Crippen LogP) is 3.37. The lowest BCUT2D eigenvalue weighted by molar-refractivity contribution is 0.0231. The molecule has 1 N–H and O–H groups in total. The molecule has 0 atom stereocenters. The van der Waals surface area contributed by atoms with Crippen LogP contribution in [-0.4, -0.2) is 21.4 Å². The summed E-state index contributed by atoms with van der Waals surface area (Å²) in [5.74, 6) is -0.628. The summed E-state index contributed by atoms with van der Waals surface area (Å²) >= 11 is 0. The molecule has 0 saturated carbocycles. The van der Waals surface area contributed by atoms with Gasteiger partial charge >= 0.3 is 0 Å². The Kier molecular flexibility index (Phi) is 6.08. The molecule has 28 heavy (non-hydrogen) atoms. The molecule has 0 aliphatic rings. The molecule has 3 aromatic carbocycles. The molecular weight excluding hydrogens is 376 g/mol. The minimum atomic E-state index is -3.93. The number of nitrogens with zero attached hydrogens (tertiary/aromatic N) is 1. The SMILES string of the molecule is CN(c1ccccc1)S(=O)(=O)c1ccccc1C(=O)NOCc1ccccc1. The normalized spacial score (nSPS) is 11.0. The number of carbonyl (C=O) groups excluding carboxylic acids is 1. The topological polar surface area (TPSA) is 75.7 Å². The molecule has 3 rings (SSSR count). The Bertz CT molecular complexity index is 1040. The van der Waals surface area contributed by atoms with Gasteiger partial charge in [-0.05, 0) is 29.8 Å². The highest BCUT2D eigenvalue weighted by Gasteiger charge is 2.26. The second-order valence-electron chi connectivity index (χ2n) is 6.01. The molecule has 0 aliphatic carbocycles.